The Balaban J connectivity index is 0.00000340. The SMILES string of the molecule is CCCCC1=Cc2c(-c3c4ccccc4cc4ccccc34)ccc(-c3c4ccccc4cc4ccccc34)c2[CH]1[Zr]([CH3])([CH3])(=[SiH2])[CH]1C(CCCC)=Cc2c(-c3c4ccccc4cc4ccccc34)ccc(-c3c4ccccc4cc4ccccc34)c21.Cl.Cl. The molecule has 2 aliphatic rings. The van der Waals surface area contributed by atoms with Crippen LogP contribution in [0, 0.1) is 0 Å². The molecule has 14 aromatic carbocycles. The van der Waals surface area contributed by atoms with E-state index in [4.69, 9.17) is 0 Å². The van der Waals surface area contributed by atoms with E-state index in [1.54, 1.807) is 22.3 Å². The molecule has 0 amide bonds. The van der Waals surface area contributed by atoms with Crippen molar-refractivity contribution in [2.45, 2.75) is 68.9 Å². The summed E-state index contributed by atoms with van der Waals surface area (Å²) in [5, 5.41) is 20.9. The van der Waals surface area contributed by atoms with Crippen LogP contribution < -0.4 is 0 Å². The van der Waals surface area contributed by atoms with Crippen molar-refractivity contribution in [3.8, 4) is 44.5 Å². The van der Waals surface area contributed by atoms with Gasteiger partial charge in [0.25, 0.3) is 0 Å². The predicted molar refractivity (Wildman–Crippen MR) is 390 cm³/mol. The van der Waals surface area contributed by atoms with E-state index in [0.29, 0.717) is 0 Å². The average molecular weight is 1270 g/mol. The first-order valence-electron chi connectivity index (χ1n) is 31.6. The van der Waals surface area contributed by atoms with Gasteiger partial charge in [-0.05, 0) is 0 Å². The van der Waals surface area contributed by atoms with Crippen molar-refractivity contribution in [3.63, 3.8) is 0 Å². The smallest absolute Gasteiger partial charge is 0.147 e. The van der Waals surface area contributed by atoms with Gasteiger partial charge in [0.2, 0.25) is 0 Å². The van der Waals surface area contributed by atoms with E-state index in [-0.39, 0.29) is 32.1 Å². The van der Waals surface area contributed by atoms with Gasteiger partial charge in [0.1, 0.15) is 0 Å². The van der Waals surface area contributed by atoms with Crippen LogP contribution in [0.25, 0.3) is 143 Å². The molecule has 16 rings (SSSR count). The molecule has 14 aromatic rings. The zero-order valence-electron chi connectivity index (χ0n) is 50.7. The van der Waals surface area contributed by atoms with Crippen molar-refractivity contribution >= 4 is 130 Å². The van der Waals surface area contributed by atoms with Crippen LogP contribution in [0.4, 0.5) is 0 Å². The summed E-state index contributed by atoms with van der Waals surface area (Å²) in [6, 6.07) is 93.5. The summed E-state index contributed by atoms with van der Waals surface area (Å²) >= 11 is -4.74. The Hall–Kier alpha value is -7.68. The van der Waals surface area contributed by atoms with Gasteiger partial charge in [-0.25, -0.2) is 0 Å². The molecule has 0 bridgehead atoms. The van der Waals surface area contributed by atoms with E-state index >= 15 is 0 Å². The number of rotatable bonds is 12. The van der Waals surface area contributed by atoms with E-state index in [0.717, 1.165) is 38.5 Å². The van der Waals surface area contributed by atoms with Crippen LogP contribution in [0.2, 0.25) is 9.26 Å². The van der Waals surface area contributed by atoms with Crippen LogP contribution in [0.15, 0.2) is 254 Å². The number of hydrogen-bond donors (Lipinski definition) is 0. The second-order valence-corrected chi connectivity index (χ2v) is 56.7. The Kier molecular flexibility index (Phi) is 15.0. The van der Waals surface area contributed by atoms with Gasteiger partial charge < -0.3 is 0 Å². The molecule has 0 aliphatic heterocycles. The van der Waals surface area contributed by atoms with Crippen LogP contribution in [0.1, 0.15) is 81.9 Å². The molecule has 0 spiro atoms. The van der Waals surface area contributed by atoms with Crippen LogP contribution in [-0.2, 0) is 17.4 Å². The molecular formula is C84H72Cl2SiZr. The molecule has 430 valence electrons. The van der Waals surface area contributed by atoms with Gasteiger partial charge >= 0.3 is 512 Å². The summed E-state index contributed by atoms with van der Waals surface area (Å²) in [5.74, 6) is 0. The molecule has 2 atom stereocenters. The number of benzene rings is 14. The van der Waals surface area contributed by atoms with E-state index in [9.17, 15) is 0 Å². The van der Waals surface area contributed by atoms with Crippen molar-refractivity contribution in [3.05, 3.63) is 276 Å². The van der Waals surface area contributed by atoms with Crippen LogP contribution in [0.3, 0.4) is 0 Å². The van der Waals surface area contributed by atoms with Gasteiger partial charge in [-0.2, -0.15) is 0 Å². The summed E-state index contributed by atoms with van der Waals surface area (Å²) in [7, 11) is 0. The fourth-order valence-corrected chi connectivity index (χ4v) is 36.4. The topological polar surface area (TPSA) is 0 Å². The number of unbranched alkanes of at least 4 members (excludes halogenated alkanes) is 2. The molecule has 0 saturated heterocycles. The second-order valence-electron chi connectivity index (χ2n) is 26.2. The predicted octanol–water partition coefficient (Wildman–Crippen LogP) is 24.7. The van der Waals surface area contributed by atoms with Gasteiger partial charge in [-0.15, -0.1) is 24.8 Å². The molecule has 0 fully saturated rings. The standard InChI is InChI=1S/2C41H31.2CH3.2ClH.H2Si.Zr/c2*1-2-3-12-27-23-38-36(40-32-17-8-4-13-28(32)25-29-14-5-9-18-33(29)40)21-22-37(39(38)24-27)41-34-19-10-6-15-30(34)26-31-16-7-11-20-35(31)41;;;;;;/h2*4-11,13-26H,2-3,12H2,1H3;2*1H3;2*1H;1H2;. The van der Waals surface area contributed by atoms with Crippen LogP contribution >= 0.6 is 24.8 Å². The summed E-state index contributed by atoms with van der Waals surface area (Å²) in [4.78, 5) is 0. The maximum absolute atomic E-state index is 4.74. The van der Waals surface area contributed by atoms with E-state index < -0.39 is 17.4 Å². The largest absolute Gasteiger partial charge is 0.147 e. The number of hydrogen-bond acceptors (Lipinski definition) is 0. The minimum Gasteiger partial charge on any atom is -0.147 e. The molecule has 0 radical (unpaired) electrons. The Labute approximate surface area is 532 Å². The fraction of sp³-hybridized carbons (Fsp3) is 0.143. The van der Waals surface area contributed by atoms with Crippen LogP contribution in [-0.4, -0.2) is 6.88 Å². The first-order chi connectivity index (χ1) is 42.2. The first kappa shape index (κ1) is 58.0. The summed E-state index contributed by atoms with van der Waals surface area (Å²) in [6.45, 7) is 7.36. The summed E-state index contributed by atoms with van der Waals surface area (Å²) in [6.07, 6.45) is 12.3. The van der Waals surface area contributed by atoms with E-state index in [1.165, 1.54) is 142 Å². The maximum atomic E-state index is 2.94. The molecular weight excluding hydrogens is 1200 g/mol. The Bertz CT molecular complexity index is 4790. The van der Waals surface area contributed by atoms with Crippen molar-refractivity contribution in [2.24, 2.45) is 0 Å². The van der Waals surface area contributed by atoms with Gasteiger partial charge in [0, 0.05) is 0 Å². The molecule has 88 heavy (non-hydrogen) atoms. The molecule has 2 unspecified atom stereocenters. The van der Waals surface area contributed by atoms with Gasteiger partial charge in [-0.3, -0.25) is 0 Å². The third-order valence-electron chi connectivity index (χ3n) is 20.2. The van der Waals surface area contributed by atoms with Crippen molar-refractivity contribution in [1.82, 2.24) is 0 Å². The summed E-state index contributed by atoms with van der Waals surface area (Å²) < 4.78 is 6.33. The molecule has 0 heterocycles. The van der Waals surface area contributed by atoms with Gasteiger partial charge in [0.05, 0.1) is 0 Å². The Morgan fingerprint density at radius 2 is 0.523 bits per heavy atom. The molecule has 0 N–H and O–H groups in total. The Morgan fingerprint density at radius 1 is 0.307 bits per heavy atom. The van der Waals surface area contributed by atoms with E-state index in [2.05, 4.69) is 285 Å². The third-order valence-corrected chi connectivity index (χ3v) is 37.6. The van der Waals surface area contributed by atoms with Gasteiger partial charge in [0.15, 0.2) is 0 Å². The zero-order valence-corrected chi connectivity index (χ0v) is 56.2. The second kappa shape index (κ2) is 22.7. The third kappa shape index (κ3) is 9.14. The van der Waals surface area contributed by atoms with Crippen molar-refractivity contribution in [1.29, 1.82) is 0 Å². The monoisotopic (exact) mass is 1270 g/mol. The fourth-order valence-electron chi connectivity index (χ4n) is 16.7. The van der Waals surface area contributed by atoms with E-state index in [1.807, 2.05) is 0 Å². The normalized spacial score (nSPS) is 14.8. The maximum Gasteiger partial charge on any atom is -0.147 e. The van der Waals surface area contributed by atoms with Crippen molar-refractivity contribution in [2.75, 3.05) is 0 Å². The molecule has 0 saturated carbocycles. The van der Waals surface area contributed by atoms with Gasteiger partial charge in [-0.1, -0.05) is 0 Å². The molecule has 0 aromatic heterocycles. The first-order valence-corrected chi connectivity index (χ1v) is 45.3. The number of halogens is 2. The van der Waals surface area contributed by atoms with Crippen molar-refractivity contribution < 1.29 is 17.4 Å². The summed E-state index contributed by atoms with van der Waals surface area (Å²) in [5.41, 5.74) is 20.2. The quantitative estimate of drug-likeness (QED) is 0.0845. The molecule has 4 heteroatoms. The minimum atomic E-state index is -4.74. The Morgan fingerprint density at radius 3 is 0.761 bits per heavy atom. The average Bonchev–Trinajstić information content (AvgIpc) is 1.46. The minimum absolute atomic E-state index is 0. The molecule has 0 nitrogen and oxygen atoms in total. The van der Waals surface area contributed by atoms with Crippen LogP contribution in [0.5, 0.6) is 0 Å². The number of fused-ring (bicyclic) bond motifs is 10. The zero-order chi connectivity index (χ0) is 57.9. The molecule has 2 aliphatic carbocycles. The number of allylic oxidation sites excluding steroid dienone is 2.